The average Bonchev–Trinajstić information content (AvgIpc) is 3.07. The molecule has 0 aliphatic carbocycles. The molecule has 2 heterocycles. The van der Waals surface area contributed by atoms with Crippen LogP contribution in [0.3, 0.4) is 0 Å². The van der Waals surface area contributed by atoms with Gasteiger partial charge in [0.2, 0.25) is 0 Å². The summed E-state index contributed by atoms with van der Waals surface area (Å²) in [6.45, 7) is 1.99. The van der Waals surface area contributed by atoms with Crippen LogP contribution in [-0.2, 0) is 0 Å². The summed E-state index contributed by atoms with van der Waals surface area (Å²) in [6, 6.07) is 22.0. The zero-order valence-electron chi connectivity index (χ0n) is 14.6. The van der Waals surface area contributed by atoms with Crippen LogP contribution in [-0.4, -0.2) is 20.5 Å². The maximum absolute atomic E-state index is 11.0. The van der Waals surface area contributed by atoms with Gasteiger partial charge in [-0.2, -0.15) is 0 Å². The predicted octanol–water partition coefficient (Wildman–Crippen LogP) is 5.42. The molecule has 6 heteroatoms. The highest BCUT2D eigenvalue weighted by Gasteiger charge is 2.15. The number of aromatic carboxylic acids is 1. The number of imidazole rings is 1. The molecular weight excluding hydrogens is 340 g/mol. The summed E-state index contributed by atoms with van der Waals surface area (Å²) in [7, 11) is 0. The van der Waals surface area contributed by atoms with Crippen molar-refractivity contribution in [3.8, 4) is 11.3 Å². The van der Waals surface area contributed by atoms with E-state index in [4.69, 9.17) is 10.1 Å². The van der Waals surface area contributed by atoms with Crippen LogP contribution in [0.15, 0.2) is 83.0 Å². The lowest BCUT2D eigenvalue weighted by Crippen LogP contribution is -1.94. The Bertz CT molecular complexity index is 1150. The Balaban J connectivity index is 1.83. The summed E-state index contributed by atoms with van der Waals surface area (Å²) in [6.07, 6.45) is 0. The molecule has 0 radical (unpaired) electrons. The smallest absolute Gasteiger partial charge is 0.335 e. The van der Waals surface area contributed by atoms with Crippen LogP contribution in [0.4, 0.5) is 11.5 Å². The molecule has 0 saturated carbocycles. The minimum Gasteiger partial charge on any atom is -0.478 e. The van der Waals surface area contributed by atoms with Gasteiger partial charge in [-0.15, -0.1) is 10.2 Å². The standard InChI is InChI=1S/C21H16N4O2/c1-14-6-5-9-18-22-19(15-7-3-2-4-8-15)20(25(14)18)24-23-17-12-10-16(11-13-17)21(26)27/h2-13H,1H3,(H,26,27). The van der Waals surface area contributed by atoms with E-state index in [0.29, 0.717) is 11.5 Å². The number of hydrogen-bond acceptors (Lipinski definition) is 4. The summed E-state index contributed by atoms with van der Waals surface area (Å²) in [4.78, 5) is 15.7. The lowest BCUT2D eigenvalue weighted by atomic mass is 10.1. The van der Waals surface area contributed by atoms with Crippen molar-refractivity contribution in [3.05, 3.63) is 84.1 Å². The summed E-state index contributed by atoms with van der Waals surface area (Å²) in [5, 5.41) is 17.8. The number of azo groups is 1. The summed E-state index contributed by atoms with van der Waals surface area (Å²) < 4.78 is 1.96. The molecule has 0 aliphatic rings. The molecule has 0 amide bonds. The van der Waals surface area contributed by atoms with Crippen molar-refractivity contribution in [2.24, 2.45) is 10.2 Å². The Labute approximate surface area is 155 Å². The van der Waals surface area contributed by atoms with Crippen molar-refractivity contribution in [2.75, 3.05) is 0 Å². The number of benzene rings is 2. The third kappa shape index (κ3) is 3.20. The highest BCUT2D eigenvalue weighted by atomic mass is 16.4. The van der Waals surface area contributed by atoms with Gasteiger partial charge in [-0.3, -0.25) is 4.40 Å². The third-order valence-corrected chi connectivity index (χ3v) is 4.24. The molecule has 0 unspecified atom stereocenters. The number of pyridine rings is 1. The molecule has 0 bridgehead atoms. The maximum atomic E-state index is 11.0. The zero-order chi connectivity index (χ0) is 18.8. The van der Waals surface area contributed by atoms with E-state index in [2.05, 4.69) is 10.2 Å². The van der Waals surface area contributed by atoms with Crippen LogP contribution in [0.25, 0.3) is 16.9 Å². The van der Waals surface area contributed by atoms with E-state index in [0.717, 1.165) is 22.6 Å². The van der Waals surface area contributed by atoms with Gasteiger partial charge in [0.1, 0.15) is 11.3 Å². The van der Waals surface area contributed by atoms with Gasteiger partial charge in [0, 0.05) is 11.3 Å². The molecular formula is C21H16N4O2. The van der Waals surface area contributed by atoms with Crippen LogP contribution in [0, 0.1) is 6.92 Å². The van der Waals surface area contributed by atoms with Crippen molar-refractivity contribution in [3.63, 3.8) is 0 Å². The molecule has 4 rings (SSSR count). The SMILES string of the molecule is Cc1cccc2nc(-c3ccccc3)c(N=Nc3ccc(C(=O)O)cc3)n12. The van der Waals surface area contributed by atoms with Gasteiger partial charge >= 0.3 is 5.97 Å². The lowest BCUT2D eigenvalue weighted by Gasteiger charge is -2.02. The minimum absolute atomic E-state index is 0.213. The van der Waals surface area contributed by atoms with E-state index in [9.17, 15) is 4.79 Å². The van der Waals surface area contributed by atoms with E-state index in [-0.39, 0.29) is 5.56 Å². The Morgan fingerprint density at radius 1 is 0.926 bits per heavy atom. The van der Waals surface area contributed by atoms with Crippen LogP contribution in [0.5, 0.6) is 0 Å². The number of aryl methyl sites for hydroxylation is 1. The Morgan fingerprint density at radius 3 is 2.37 bits per heavy atom. The molecule has 0 spiro atoms. The van der Waals surface area contributed by atoms with Gasteiger partial charge in [0.15, 0.2) is 5.82 Å². The number of rotatable bonds is 4. The van der Waals surface area contributed by atoms with Gasteiger partial charge in [0.05, 0.1) is 11.3 Å². The molecule has 1 N–H and O–H groups in total. The fraction of sp³-hybridized carbons (Fsp3) is 0.0476. The Morgan fingerprint density at radius 2 is 1.67 bits per heavy atom. The summed E-state index contributed by atoms with van der Waals surface area (Å²) in [5.41, 5.74) is 4.28. The van der Waals surface area contributed by atoms with Crippen molar-refractivity contribution in [1.82, 2.24) is 9.38 Å². The summed E-state index contributed by atoms with van der Waals surface area (Å²) >= 11 is 0. The lowest BCUT2D eigenvalue weighted by molar-refractivity contribution is 0.0697. The minimum atomic E-state index is -0.970. The van der Waals surface area contributed by atoms with Gasteiger partial charge in [0.25, 0.3) is 0 Å². The number of nitrogens with zero attached hydrogens (tertiary/aromatic N) is 4. The topological polar surface area (TPSA) is 79.3 Å². The normalized spacial score (nSPS) is 11.3. The van der Waals surface area contributed by atoms with E-state index in [1.807, 2.05) is 59.9 Å². The zero-order valence-corrected chi connectivity index (χ0v) is 14.6. The van der Waals surface area contributed by atoms with E-state index < -0.39 is 5.97 Å². The van der Waals surface area contributed by atoms with Crippen molar-refractivity contribution < 1.29 is 9.90 Å². The van der Waals surface area contributed by atoms with Gasteiger partial charge in [-0.25, -0.2) is 9.78 Å². The quantitative estimate of drug-likeness (QED) is 0.496. The molecule has 0 atom stereocenters. The first kappa shape index (κ1) is 16.7. The largest absolute Gasteiger partial charge is 0.478 e. The first-order valence-electron chi connectivity index (χ1n) is 8.42. The number of carboxylic acids is 1. The second-order valence-corrected chi connectivity index (χ2v) is 6.06. The maximum Gasteiger partial charge on any atom is 0.335 e. The van der Waals surface area contributed by atoms with Crippen LogP contribution >= 0.6 is 0 Å². The molecule has 4 aromatic rings. The number of fused-ring (bicyclic) bond motifs is 1. The van der Waals surface area contributed by atoms with E-state index >= 15 is 0 Å². The molecule has 0 aliphatic heterocycles. The van der Waals surface area contributed by atoms with Crippen molar-refractivity contribution >= 4 is 23.1 Å². The van der Waals surface area contributed by atoms with Crippen LogP contribution in [0.2, 0.25) is 0 Å². The molecule has 0 saturated heterocycles. The van der Waals surface area contributed by atoms with Crippen molar-refractivity contribution in [1.29, 1.82) is 0 Å². The van der Waals surface area contributed by atoms with E-state index in [1.54, 1.807) is 12.1 Å². The Hall–Kier alpha value is -3.80. The Kier molecular flexibility index (Phi) is 4.22. The molecule has 0 fully saturated rings. The highest BCUT2D eigenvalue weighted by Crippen LogP contribution is 2.33. The number of carbonyl (C=O) groups is 1. The molecule has 2 aromatic carbocycles. The number of carboxylic acid groups (broad SMARTS) is 1. The predicted molar refractivity (Wildman–Crippen MR) is 103 cm³/mol. The fourth-order valence-electron chi connectivity index (χ4n) is 2.89. The number of aromatic nitrogens is 2. The third-order valence-electron chi connectivity index (χ3n) is 4.24. The summed E-state index contributed by atoms with van der Waals surface area (Å²) in [5.74, 6) is -0.334. The second-order valence-electron chi connectivity index (χ2n) is 6.06. The number of hydrogen-bond donors (Lipinski definition) is 1. The first-order chi connectivity index (χ1) is 13.1. The van der Waals surface area contributed by atoms with Gasteiger partial charge < -0.3 is 5.11 Å². The fourth-order valence-corrected chi connectivity index (χ4v) is 2.89. The van der Waals surface area contributed by atoms with Crippen LogP contribution < -0.4 is 0 Å². The highest BCUT2D eigenvalue weighted by molar-refractivity contribution is 5.87. The molecule has 6 nitrogen and oxygen atoms in total. The average molecular weight is 356 g/mol. The second kappa shape index (κ2) is 6.84. The first-order valence-corrected chi connectivity index (χ1v) is 8.42. The molecule has 27 heavy (non-hydrogen) atoms. The monoisotopic (exact) mass is 356 g/mol. The van der Waals surface area contributed by atoms with Gasteiger partial charge in [-0.1, -0.05) is 36.4 Å². The van der Waals surface area contributed by atoms with Crippen molar-refractivity contribution in [2.45, 2.75) is 6.92 Å². The van der Waals surface area contributed by atoms with E-state index in [1.165, 1.54) is 12.1 Å². The molecule has 132 valence electrons. The van der Waals surface area contributed by atoms with Crippen LogP contribution in [0.1, 0.15) is 16.1 Å². The molecule has 2 aromatic heterocycles. The van der Waals surface area contributed by atoms with Gasteiger partial charge in [-0.05, 0) is 43.3 Å².